The van der Waals surface area contributed by atoms with Crippen LogP contribution in [0.25, 0.3) is 0 Å². The maximum atomic E-state index is 12.6. The fourth-order valence-electron chi connectivity index (χ4n) is 4.46. The summed E-state index contributed by atoms with van der Waals surface area (Å²) in [5.41, 5.74) is -0.115. The topological polar surface area (TPSA) is 71.7 Å². The Kier molecular flexibility index (Phi) is 7.10. The number of nitrogens with zero attached hydrogens (tertiary/aromatic N) is 4. The van der Waals surface area contributed by atoms with Crippen molar-refractivity contribution in [3.63, 3.8) is 0 Å². The van der Waals surface area contributed by atoms with Crippen LogP contribution in [0, 0.1) is 5.92 Å². The summed E-state index contributed by atoms with van der Waals surface area (Å²) in [4.78, 5) is 21.6. The van der Waals surface area contributed by atoms with Crippen molar-refractivity contribution < 1.29 is 14.1 Å². The third-order valence-corrected chi connectivity index (χ3v) is 6.04. The number of hydrogen-bond donors (Lipinski definition) is 0. The van der Waals surface area contributed by atoms with E-state index in [1.54, 1.807) is 7.11 Å². The number of rotatable bonds is 5. The fourth-order valence-corrected chi connectivity index (χ4v) is 4.46. The maximum absolute atomic E-state index is 12.6. The zero-order chi connectivity index (χ0) is 20.1. The molecular weight excluding hydrogens is 356 g/mol. The summed E-state index contributed by atoms with van der Waals surface area (Å²) in [5, 5.41) is 4.16. The Morgan fingerprint density at radius 1 is 1.14 bits per heavy atom. The van der Waals surface area contributed by atoms with E-state index < -0.39 is 0 Å². The Bertz CT molecular complexity index is 632. The van der Waals surface area contributed by atoms with Gasteiger partial charge in [-0.1, -0.05) is 38.8 Å². The van der Waals surface area contributed by atoms with Gasteiger partial charge in [0.15, 0.2) is 5.82 Å². The summed E-state index contributed by atoms with van der Waals surface area (Å²) in [6.07, 6.45) is 6.91. The zero-order valence-corrected chi connectivity index (χ0v) is 17.9. The lowest BCUT2D eigenvalue weighted by Crippen LogP contribution is -2.48. The predicted molar refractivity (Wildman–Crippen MR) is 107 cm³/mol. The molecule has 2 aliphatic heterocycles. The number of carbonyl (C=O) groups excluding carboxylic acids is 1. The second kappa shape index (κ2) is 9.35. The Morgan fingerprint density at radius 2 is 1.89 bits per heavy atom. The first kappa shape index (κ1) is 21.2. The van der Waals surface area contributed by atoms with Crippen LogP contribution >= 0.6 is 0 Å². The number of aromatic nitrogens is 2. The third-order valence-electron chi connectivity index (χ3n) is 6.04. The van der Waals surface area contributed by atoms with Gasteiger partial charge >= 0.3 is 0 Å². The SMILES string of the molecule is COCC(=O)N1CCCCC[C@H]1C1CCN(Cc2noc(C(C)(C)C)n2)CC1. The van der Waals surface area contributed by atoms with E-state index in [0.717, 1.165) is 57.7 Å². The quantitative estimate of drug-likeness (QED) is 0.767. The van der Waals surface area contributed by atoms with E-state index in [1.807, 2.05) is 0 Å². The molecule has 2 fully saturated rings. The summed E-state index contributed by atoms with van der Waals surface area (Å²) in [6.45, 7) is 10.1. The van der Waals surface area contributed by atoms with Gasteiger partial charge < -0.3 is 14.2 Å². The first-order chi connectivity index (χ1) is 13.4. The van der Waals surface area contributed by atoms with Crippen LogP contribution in [0.1, 0.15) is 71.0 Å². The van der Waals surface area contributed by atoms with Gasteiger partial charge in [-0.3, -0.25) is 9.69 Å². The van der Waals surface area contributed by atoms with Gasteiger partial charge in [-0.15, -0.1) is 0 Å². The third kappa shape index (κ3) is 5.32. The van der Waals surface area contributed by atoms with Crippen molar-refractivity contribution in [3.8, 4) is 0 Å². The van der Waals surface area contributed by atoms with Gasteiger partial charge in [0.1, 0.15) is 6.61 Å². The van der Waals surface area contributed by atoms with Gasteiger partial charge in [0.2, 0.25) is 11.8 Å². The van der Waals surface area contributed by atoms with E-state index in [0.29, 0.717) is 17.9 Å². The van der Waals surface area contributed by atoms with E-state index >= 15 is 0 Å². The smallest absolute Gasteiger partial charge is 0.248 e. The molecule has 0 radical (unpaired) electrons. The van der Waals surface area contributed by atoms with Crippen molar-refractivity contribution >= 4 is 5.91 Å². The lowest BCUT2D eigenvalue weighted by Gasteiger charge is -2.40. The number of carbonyl (C=O) groups is 1. The van der Waals surface area contributed by atoms with Crippen LogP contribution in [0.5, 0.6) is 0 Å². The van der Waals surface area contributed by atoms with Crippen LogP contribution in [-0.4, -0.2) is 65.2 Å². The molecule has 1 aromatic rings. The van der Waals surface area contributed by atoms with E-state index in [1.165, 1.54) is 12.8 Å². The number of hydrogen-bond acceptors (Lipinski definition) is 6. The van der Waals surface area contributed by atoms with Crippen LogP contribution in [0.2, 0.25) is 0 Å². The van der Waals surface area contributed by atoms with E-state index in [9.17, 15) is 4.79 Å². The fraction of sp³-hybridized carbons (Fsp3) is 0.857. The molecule has 7 heteroatoms. The molecule has 2 saturated heterocycles. The van der Waals surface area contributed by atoms with Gasteiger partial charge in [-0.05, 0) is 44.7 Å². The average molecular weight is 393 g/mol. The summed E-state index contributed by atoms with van der Waals surface area (Å²) in [7, 11) is 1.60. The second-order valence-corrected chi connectivity index (χ2v) is 9.32. The Balaban J connectivity index is 1.56. The molecule has 1 atom stereocenters. The highest BCUT2D eigenvalue weighted by atomic mass is 16.5. The number of likely N-dealkylation sites (tertiary alicyclic amines) is 2. The molecule has 1 aromatic heterocycles. The van der Waals surface area contributed by atoms with Crippen LogP contribution in [0.3, 0.4) is 0 Å². The highest BCUT2D eigenvalue weighted by molar-refractivity contribution is 5.77. The molecule has 158 valence electrons. The van der Waals surface area contributed by atoms with Crippen LogP contribution < -0.4 is 0 Å². The number of piperidine rings is 1. The Labute approximate surface area is 168 Å². The van der Waals surface area contributed by atoms with E-state index in [2.05, 4.69) is 40.7 Å². The van der Waals surface area contributed by atoms with Crippen molar-refractivity contribution in [2.75, 3.05) is 33.4 Å². The summed E-state index contributed by atoms with van der Waals surface area (Å²) >= 11 is 0. The number of ether oxygens (including phenoxy) is 1. The van der Waals surface area contributed by atoms with Crippen LogP contribution in [0.4, 0.5) is 0 Å². The highest BCUT2D eigenvalue weighted by Gasteiger charge is 2.34. The van der Waals surface area contributed by atoms with Crippen molar-refractivity contribution in [1.82, 2.24) is 19.9 Å². The summed E-state index contributed by atoms with van der Waals surface area (Å²) in [6, 6.07) is 0.366. The molecule has 0 unspecified atom stereocenters. The van der Waals surface area contributed by atoms with E-state index in [4.69, 9.17) is 9.26 Å². The molecule has 0 aromatic carbocycles. The normalized spacial score (nSPS) is 23.0. The molecule has 0 bridgehead atoms. The molecule has 0 N–H and O–H groups in total. The van der Waals surface area contributed by atoms with Gasteiger partial charge in [0.05, 0.1) is 6.54 Å². The number of amides is 1. The Morgan fingerprint density at radius 3 is 2.54 bits per heavy atom. The molecule has 0 spiro atoms. The van der Waals surface area contributed by atoms with Crippen molar-refractivity contribution in [3.05, 3.63) is 11.7 Å². The molecule has 2 aliphatic rings. The van der Waals surface area contributed by atoms with Crippen LogP contribution in [-0.2, 0) is 21.5 Å². The standard InChI is InChI=1S/C21H36N4O3/c1-21(2,3)20-22-18(23-28-20)14-24-12-9-16(10-13-24)17-8-6-5-7-11-25(17)19(26)15-27-4/h16-17H,5-15H2,1-4H3/t17-/m0/s1. The maximum Gasteiger partial charge on any atom is 0.248 e. The second-order valence-electron chi connectivity index (χ2n) is 9.32. The first-order valence-electron chi connectivity index (χ1n) is 10.7. The minimum Gasteiger partial charge on any atom is -0.375 e. The monoisotopic (exact) mass is 392 g/mol. The first-order valence-corrected chi connectivity index (χ1v) is 10.7. The van der Waals surface area contributed by atoms with Crippen molar-refractivity contribution in [2.24, 2.45) is 5.92 Å². The minimum absolute atomic E-state index is 0.115. The molecule has 0 aliphatic carbocycles. The van der Waals surface area contributed by atoms with E-state index in [-0.39, 0.29) is 17.9 Å². The lowest BCUT2D eigenvalue weighted by atomic mass is 9.86. The van der Waals surface area contributed by atoms with Gasteiger partial charge in [-0.25, -0.2) is 0 Å². The largest absolute Gasteiger partial charge is 0.375 e. The van der Waals surface area contributed by atoms with Crippen LogP contribution in [0.15, 0.2) is 4.52 Å². The highest BCUT2D eigenvalue weighted by Crippen LogP contribution is 2.30. The molecular formula is C21H36N4O3. The zero-order valence-electron chi connectivity index (χ0n) is 17.9. The van der Waals surface area contributed by atoms with Gasteiger partial charge in [0.25, 0.3) is 0 Å². The summed E-state index contributed by atoms with van der Waals surface area (Å²) < 4.78 is 10.5. The number of methoxy groups -OCH3 is 1. The molecule has 0 saturated carbocycles. The molecule has 7 nitrogen and oxygen atoms in total. The average Bonchev–Trinajstić information content (AvgIpc) is 2.99. The lowest BCUT2D eigenvalue weighted by molar-refractivity contribution is -0.139. The molecule has 1 amide bonds. The summed E-state index contributed by atoms with van der Waals surface area (Å²) in [5.74, 6) is 2.20. The minimum atomic E-state index is -0.115. The van der Waals surface area contributed by atoms with Gasteiger partial charge in [-0.2, -0.15) is 4.98 Å². The van der Waals surface area contributed by atoms with Crippen molar-refractivity contribution in [2.45, 2.75) is 77.3 Å². The predicted octanol–water partition coefficient (Wildman–Crippen LogP) is 3.00. The molecule has 3 rings (SSSR count). The van der Waals surface area contributed by atoms with Gasteiger partial charge in [0, 0.05) is 25.1 Å². The van der Waals surface area contributed by atoms with Crippen molar-refractivity contribution in [1.29, 1.82) is 0 Å². The molecule has 28 heavy (non-hydrogen) atoms. The molecule has 3 heterocycles. The Hall–Kier alpha value is -1.47.